The summed E-state index contributed by atoms with van der Waals surface area (Å²) in [5.41, 5.74) is 0. The van der Waals surface area contributed by atoms with Crippen molar-refractivity contribution in [3.8, 4) is 0 Å². The van der Waals surface area contributed by atoms with Crippen molar-refractivity contribution in [2.24, 2.45) is 11.8 Å². The van der Waals surface area contributed by atoms with Crippen LogP contribution in [0.5, 0.6) is 0 Å². The lowest BCUT2D eigenvalue weighted by atomic mass is 9.96. The molecular weight excluding hydrogens is 132 g/mol. The Balaban J connectivity index is 3.10. The average molecular weight is 156 g/mol. The molecule has 0 radical (unpaired) electrons. The molecule has 0 saturated heterocycles. The first kappa shape index (κ1) is 11.0. The Hall–Kier alpha value is 0. The van der Waals surface area contributed by atoms with E-state index in [0.29, 0.717) is 0 Å². The molecule has 0 fully saturated rings. The van der Waals surface area contributed by atoms with Crippen LogP contribution in [-0.2, 0) is 0 Å². The lowest BCUT2D eigenvalue weighted by Gasteiger charge is -2.10. The highest BCUT2D eigenvalue weighted by Crippen LogP contribution is 2.15. The van der Waals surface area contributed by atoms with E-state index in [1.54, 1.807) is 0 Å². The van der Waals surface area contributed by atoms with E-state index in [9.17, 15) is 0 Å². The zero-order valence-corrected chi connectivity index (χ0v) is 8.69. The Morgan fingerprint density at radius 1 is 0.909 bits per heavy atom. The van der Waals surface area contributed by atoms with Crippen molar-refractivity contribution in [1.29, 1.82) is 0 Å². The molecule has 11 heavy (non-hydrogen) atoms. The highest BCUT2D eigenvalue weighted by Gasteiger charge is 2.00. The van der Waals surface area contributed by atoms with E-state index in [-0.39, 0.29) is 0 Å². The van der Waals surface area contributed by atoms with Crippen LogP contribution in [0.2, 0.25) is 0 Å². The van der Waals surface area contributed by atoms with Crippen molar-refractivity contribution >= 4 is 0 Å². The molecule has 0 aliphatic heterocycles. The van der Waals surface area contributed by atoms with E-state index in [0.717, 1.165) is 11.8 Å². The van der Waals surface area contributed by atoms with Crippen molar-refractivity contribution in [2.45, 2.75) is 59.8 Å². The fourth-order valence-electron chi connectivity index (χ4n) is 1.51. The summed E-state index contributed by atoms with van der Waals surface area (Å²) in [7, 11) is 0. The average Bonchev–Trinajstić information content (AvgIpc) is 1.87. The van der Waals surface area contributed by atoms with Gasteiger partial charge in [-0.05, 0) is 11.8 Å². The van der Waals surface area contributed by atoms with Crippen molar-refractivity contribution in [1.82, 2.24) is 0 Å². The van der Waals surface area contributed by atoms with E-state index in [1.165, 1.54) is 32.1 Å². The normalized spacial score (nSPS) is 13.9. The minimum atomic E-state index is 0.892. The lowest BCUT2D eigenvalue weighted by Crippen LogP contribution is -1.95. The number of hydrogen-bond donors (Lipinski definition) is 0. The molecule has 0 aromatic rings. The predicted molar refractivity (Wildman–Crippen MR) is 52.8 cm³/mol. The van der Waals surface area contributed by atoms with Crippen molar-refractivity contribution < 1.29 is 0 Å². The molecule has 0 nitrogen and oxygen atoms in total. The molecule has 0 rings (SSSR count). The van der Waals surface area contributed by atoms with Crippen LogP contribution in [0.15, 0.2) is 0 Å². The highest BCUT2D eigenvalue weighted by molar-refractivity contribution is 4.54. The van der Waals surface area contributed by atoms with E-state index < -0.39 is 0 Å². The Bertz CT molecular complexity index is 74.1. The van der Waals surface area contributed by atoms with Crippen LogP contribution in [0, 0.1) is 11.8 Å². The van der Waals surface area contributed by atoms with Gasteiger partial charge in [0.1, 0.15) is 0 Å². The fourth-order valence-corrected chi connectivity index (χ4v) is 1.51. The summed E-state index contributed by atoms with van der Waals surface area (Å²) < 4.78 is 0. The second kappa shape index (κ2) is 6.69. The predicted octanol–water partition coefficient (Wildman–Crippen LogP) is 4.25. The minimum absolute atomic E-state index is 0.892. The Kier molecular flexibility index (Phi) is 6.69. The first-order valence-electron chi connectivity index (χ1n) is 5.16. The van der Waals surface area contributed by atoms with Gasteiger partial charge in [-0.2, -0.15) is 0 Å². The maximum Gasteiger partial charge on any atom is -0.0443 e. The third-order valence-corrected chi connectivity index (χ3v) is 2.26. The largest absolute Gasteiger partial charge is 0.0654 e. The van der Waals surface area contributed by atoms with Crippen LogP contribution in [0.4, 0.5) is 0 Å². The van der Waals surface area contributed by atoms with Gasteiger partial charge in [0, 0.05) is 0 Å². The van der Waals surface area contributed by atoms with Gasteiger partial charge in [0.2, 0.25) is 0 Å². The van der Waals surface area contributed by atoms with E-state index in [2.05, 4.69) is 27.7 Å². The molecule has 0 bridgehead atoms. The zero-order chi connectivity index (χ0) is 8.69. The van der Waals surface area contributed by atoms with Crippen LogP contribution in [-0.4, -0.2) is 0 Å². The highest BCUT2D eigenvalue weighted by atomic mass is 14.1. The van der Waals surface area contributed by atoms with Crippen LogP contribution in [0.3, 0.4) is 0 Å². The van der Waals surface area contributed by atoms with Gasteiger partial charge in [-0.1, -0.05) is 59.8 Å². The molecule has 0 N–H and O–H groups in total. The molecule has 0 amide bonds. The summed E-state index contributed by atoms with van der Waals surface area (Å²) in [5.74, 6) is 1.85. The summed E-state index contributed by atoms with van der Waals surface area (Å²) in [6.45, 7) is 9.28. The molecule has 0 aliphatic carbocycles. The molecule has 0 spiro atoms. The SMILES string of the molecule is CCCC(C)CCCC(C)C. The summed E-state index contributed by atoms with van der Waals surface area (Å²) in [4.78, 5) is 0. The zero-order valence-electron chi connectivity index (χ0n) is 8.69. The molecule has 0 heterocycles. The molecule has 0 aromatic heterocycles. The topological polar surface area (TPSA) is 0 Å². The maximum atomic E-state index is 2.38. The van der Waals surface area contributed by atoms with Gasteiger partial charge in [-0.25, -0.2) is 0 Å². The van der Waals surface area contributed by atoms with Crippen LogP contribution >= 0.6 is 0 Å². The quantitative estimate of drug-likeness (QED) is 0.539. The fraction of sp³-hybridized carbons (Fsp3) is 1.00. The molecule has 0 heteroatoms. The summed E-state index contributed by atoms with van der Waals surface area (Å²) >= 11 is 0. The number of hydrogen-bond acceptors (Lipinski definition) is 0. The molecule has 0 aliphatic rings. The standard InChI is InChI=1S/C11H24/c1-5-7-11(4)9-6-8-10(2)3/h10-11H,5-9H2,1-4H3. The monoisotopic (exact) mass is 156 g/mol. The van der Waals surface area contributed by atoms with Gasteiger partial charge in [0.05, 0.1) is 0 Å². The molecule has 1 unspecified atom stereocenters. The lowest BCUT2D eigenvalue weighted by molar-refractivity contribution is 0.433. The van der Waals surface area contributed by atoms with Gasteiger partial charge in [-0.3, -0.25) is 0 Å². The smallest absolute Gasteiger partial charge is 0.0443 e. The second-order valence-electron chi connectivity index (χ2n) is 4.22. The van der Waals surface area contributed by atoms with E-state index in [4.69, 9.17) is 0 Å². The summed E-state index contributed by atoms with van der Waals surface area (Å²) in [6, 6.07) is 0. The van der Waals surface area contributed by atoms with E-state index in [1.807, 2.05) is 0 Å². The summed E-state index contributed by atoms with van der Waals surface area (Å²) in [6.07, 6.45) is 7.04. The Morgan fingerprint density at radius 3 is 2.00 bits per heavy atom. The minimum Gasteiger partial charge on any atom is -0.0654 e. The third-order valence-electron chi connectivity index (χ3n) is 2.26. The van der Waals surface area contributed by atoms with Gasteiger partial charge in [0.25, 0.3) is 0 Å². The molecule has 1 atom stereocenters. The third kappa shape index (κ3) is 7.90. The molecule has 68 valence electrons. The second-order valence-corrected chi connectivity index (χ2v) is 4.22. The van der Waals surface area contributed by atoms with Gasteiger partial charge in [-0.15, -0.1) is 0 Å². The van der Waals surface area contributed by atoms with Gasteiger partial charge >= 0.3 is 0 Å². The van der Waals surface area contributed by atoms with E-state index >= 15 is 0 Å². The first-order chi connectivity index (χ1) is 5.16. The maximum absolute atomic E-state index is 2.38. The molecule has 0 aromatic carbocycles. The van der Waals surface area contributed by atoms with Crippen molar-refractivity contribution in [3.05, 3.63) is 0 Å². The number of rotatable bonds is 6. The molecular formula is C11H24. The van der Waals surface area contributed by atoms with Gasteiger partial charge in [0.15, 0.2) is 0 Å². The van der Waals surface area contributed by atoms with Crippen molar-refractivity contribution in [2.75, 3.05) is 0 Å². The van der Waals surface area contributed by atoms with Crippen LogP contribution in [0.25, 0.3) is 0 Å². The van der Waals surface area contributed by atoms with Gasteiger partial charge < -0.3 is 0 Å². The summed E-state index contributed by atoms with van der Waals surface area (Å²) in [5, 5.41) is 0. The first-order valence-corrected chi connectivity index (χ1v) is 5.16. The Labute approximate surface area is 72.4 Å². The van der Waals surface area contributed by atoms with Crippen molar-refractivity contribution in [3.63, 3.8) is 0 Å². The van der Waals surface area contributed by atoms with Crippen LogP contribution in [0.1, 0.15) is 59.8 Å². The Morgan fingerprint density at radius 2 is 1.55 bits per heavy atom. The molecule has 0 saturated carbocycles. The van der Waals surface area contributed by atoms with Crippen LogP contribution < -0.4 is 0 Å².